The summed E-state index contributed by atoms with van der Waals surface area (Å²) < 4.78 is 2.01. The summed E-state index contributed by atoms with van der Waals surface area (Å²) in [6.07, 6.45) is 2.36. The number of hydrogen-bond donors (Lipinski definition) is 1. The summed E-state index contributed by atoms with van der Waals surface area (Å²) in [7, 11) is 0. The molecular formula is C11H21N5S. The van der Waals surface area contributed by atoms with Crippen molar-refractivity contribution in [2.75, 3.05) is 11.5 Å². The Labute approximate surface area is 107 Å². The lowest BCUT2D eigenvalue weighted by atomic mass is 10.1. The zero-order chi connectivity index (χ0) is 12.3. The summed E-state index contributed by atoms with van der Waals surface area (Å²) in [5, 5.41) is 15.5. The zero-order valence-electron chi connectivity index (χ0n) is 10.8. The Bertz CT molecular complexity index is 351. The molecule has 1 fully saturated rings. The number of aromatic nitrogens is 4. The smallest absolute Gasteiger partial charge is 0.165 e. The first-order valence-corrected chi connectivity index (χ1v) is 7.31. The molecule has 1 aromatic rings. The minimum Gasteiger partial charge on any atom is -0.305 e. The Hall–Kier alpha value is -0.620. The van der Waals surface area contributed by atoms with Gasteiger partial charge in [-0.1, -0.05) is 0 Å². The van der Waals surface area contributed by atoms with Gasteiger partial charge in [0.2, 0.25) is 0 Å². The van der Waals surface area contributed by atoms with Gasteiger partial charge >= 0.3 is 0 Å². The van der Waals surface area contributed by atoms with Crippen molar-refractivity contribution in [3.63, 3.8) is 0 Å². The number of thioether (sulfide) groups is 1. The molecule has 0 spiro atoms. The van der Waals surface area contributed by atoms with Crippen LogP contribution in [0, 0.1) is 0 Å². The van der Waals surface area contributed by atoms with Crippen molar-refractivity contribution < 1.29 is 0 Å². The lowest BCUT2D eigenvalue weighted by Crippen LogP contribution is -2.36. The summed E-state index contributed by atoms with van der Waals surface area (Å²) in [5.74, 6) is 3.39. The molecule has 0 aliphatic carbocycles. The van der Waals surface area contributed by atoms with Crippen molar-refractivity contribution in [3.05, 3.63) is 5.82 Å². The molecule has 0 radical (unpaired) electrons. The lowest BCUT2D eigenvalue weighted by molar-refractivity contribution is 0.372. The molecule has 0 bridgehead atoms. The van der Waals surface area contributed by atoms with Crippen LogP contribution in [0.1, 0.15) is 45.5 Å². The Morgan fingerprint density at radius 1 is 1.35 bits per heavy atom. The van der Waals surface area contributed by atoms with Gasteiger partial charge in [0, 0.05) is 5.54 Å². The van der Waals surface area contributed by atoms with E-state index in [9.17, 15) is 0 Å². The quantitative estimate of drug-likeness (QED) is 0.889. The molecule has 2 rings (SSSR count). The molecule has 0 atom stereocenters. The van der Waals surface area contributed by atoms with Gasteiger partial charge in [0.05, 0.1) is 12.6 Å². The second-order valence-corrected chi connectivity index (χ2v) is 6.71. The van der Waals surface area contributed by atoms with Gasteiger partial charge < -0.3 is 5.32 Å². The van der Waals surface area contributed by atoms with Gasteiger partial charge in [-0.25, -0.2) is 4.68 Å². The van der Waals surface area contributed by atoms with Gasteiger partial charge in [-0.05, 0) is 55.5 Å². The molecule has 6 heteroatoms. The molecule has 17 heavy (non-hydrogen) atoms. The monoisotopic (exact) mass is 255 g/mol. The van der Waals surface area contributed by atoms with E-state index in [1.165, 1.54) is 24.3 Å². The second kappa shape index (κ2) is 5.35. The maximum Gasteiger partial charge on any atom is 0.165 e. The molecule has 1 aliphatic rings. The molecule has 1 N–H and O–H groups in total. The van der Waals surface area contributed by atoms with E-state index < -0.39 is 0 Å². The van der Waals surface area contributed by atoms with E-state index in [0.717, 1.165) is 12.4 Å². The highest BCUT2D eigenvalue weighted by atomic mass is 32.2. The van der Waals surface area contributed by atoms with Crippen molar-refractivity contribution in [1.82, 2.24) is 25.5 Å². The second-order valence-electron chi connectivity index (χ2n) is 5.49. The molecule has 1 saturated heterocycles. The molecule has 0 amide bonds. The van der Waals surface area contributed by atoms with Crippen LogP contribution >= 0.6 is 11.8 Å². The van der Waals surface area contributed by atoms with Crippen molar-refractivity contribution >= 4 is 11.8 Å². The van der Waals surface area contributed by atoms with Crippen LogP contribution in [-0.4, -0.2) is 37.3 Å². The molecule has 0 saturated carbocycles. The van der Waals surface area contributed by atoms with Crippen LogP contribution in [0.3, 0.4) is 0 Å². The Morgan fingerprint density at radius 3 is 2.71 bits per heavy atom. The summed E-state index contributed by atoms with van der Waals surface area (Å²) in [4.78, 5) is 0. The molecule has 5 nitrogen and oxygen atoms in total. The van der Waals surface area contributed by atoms with Gasteiger partial charge in [0.25, 0.3) is 0 Å². The number of nitrogens with one attached hydrogen (secondary N) is 1. The maximum absolute atomic E-state index is 4.15. The van der Waals surface area contributed by atoms with Gasteiger partial charge in [-0.2, -0.15) is 11.8 Å². The van der Waals surface area contributed by atoms with Crippen LogP contribution in [-0.2, 0) is 6.54 Å². The van der Waals surface area contributed by atoms with Crippen molar-refractivity contribution in [2.45, 2.75) is 51.7 Å². The minimum atomic E-state index is 0.0964. The van der Waals surface area contributed by atoms with Gasteiger partial charge in [0.15, 0.2) is 5.82 Å². The fourth-order valence-electron chi connectivity index (χ4n) is 1.89. The fraction of sp³-hybridized carbons (Fsp3) is 0.909. The average molecular weight is 255 g/mol. The SMILES string of the molecule is CC(C)(C)NCc1nnnn1C1CCSCC1. The molecule has 96 valence electrons. The Kier molecular flexibility index (Phi) is 4.04. The van der Waals surface area contributed by atoms with Crippen molar-refractivity contribution in [1.29, 1.82) is 0 Å². The Morgan fingerprint density at radius 2 is 2.06 bits per heavy atom. The lowest BCUT2D eigenvalue weighted by Gasteiger charge is -2.24. The average Bonchev–Trinajstić information content (AvgIpc) is 2.75. The van der Waals surface area contributed by atoms with E-state index in [1.54, 1.807) is 0 Å². The van der Waals surface area contributed by atoms with Crippen LogP contribution in [0.2, 0.25) is 0 Å². The third-order valence-corrected chi connectivity index (χ3v) is 3.92. The van der Waals surface area contributed by atoms with E-state index in [0.29, 0.717) is 6.04 Å². The standard InChI is InChI=1S/C11H21N5S/c1-11(2,3)12-8-10-13-14-15-16(10)9-4-6-17-7-5-9/h9,12H,4-8H2,1-3H3. The molecule has 0 unspecified atom stereocenters. The number of tetrazole rings is 1. The predicted molar refractivity (Wildman–Crippen MR) is 70.0 cm³/mol. The summed E-state index contributed by atoms with van der Waals surface area (Å²) >= 11 is 2.02. The van der Waals surface area contributed by atoms with Crippen molar-refractivity contribution in [3.8, 4) is 0 Å². The number of nitrogens with zero attached hydrogens (tertiary/aromatic N) is 4. The van der Waals surface area contributed by atoms with Crippen LogP contribution < -0.4 is 5.32 Å². The fourth-order valence-corrected chi connectivity index (χ4v) is 2.97. The van der Waals surface area contributed by atoms with E-state index >= 15 is 0 Å². The van der Waals surface area contributed by atoms with Crippen LogP contribution in [0.4, 0.5) is 0 Å². The molecular weight excluding hydrogens is 234 g/mol. The van der Waals surface area contributed by atoms with Crippen LogP contribution in [0.15, 0.2) is 0 Å². The largest absolute Gasteiger partial charge is 0.305 e. The minimum absolute atomic E-state index is 0.0964. The first-order valence-electron chi connectivity index (χ1n) is 6.16. The molecule has 0 aromatic carbocycles. The summed E-state index contributed by atoms with van der Waals surface area (Å²) in [6, 6.07) is 0.489. The normalized spacial score (nSPS) is 18.5. The highest BCUT2D eigenvalue weighted by Gasteiger charge is 2.20. The van der Waals surface area contributed by atoms with Crippen LogP contribution in [0.25, 0.3) is 0 Å². The topological polar surface area (TPSA) is 55.6 Å². The third kappa shape index (κ3) is 3.67. The molecule has 1 aromatic heterocycles. The zero-order valence-corrected chi connectivity index (χ0v) is 11.6. The number of rotatable bonds is 3. The first-order chi connectivity index (χ1) is 8.06. The highest BCUT2D eigenvalue weighted by molar-refractivity contribution is 7.99. The summed E-state index contributed by atoms with van der Waals surface area (Å²) in [6.45, 7) is 7.19. The van der Waals surface area contributed by atoms with E-state index in [4.69, 9.17) is 0 Å². The molecule has 1 aliphatic heterocycles. The predicted octanol–water partition coefficient (Wildman–Crippen LogP) is 1.63. The maximum atomic E-state index is 4.15. The highest BCUT2D eigenvalue weighted by Crippen LogP contribution is 2.26. The van der Waals surface area contributed by atoms with Gasteiger partial charge in [-0.3, -0.25) is 0 Å². The summed E-state index contributed by atoms with van der Waals surface area (Å²) in [5.41, 5.74) is 0.0964. The Balaban J connectivity index is 2.00. The third-order valence-electron chi connectivity index (χ3n) is 2.87. The van der Waals surface area contributed by atoms with Gasteiger partial charge in [-0.15, -0.1) is 5.10 Å². The van der Waals surface area contributed by atoms with E-state index in [1.807, 2.05) is 16.4 Å². The number of hydrogen-bond acceptors (Lipinski definition) is 5. The first kappa shape index (κ1) is 12.8. The van der Waals surface area contributed by atoms with Gasteiger partial charge in [0.1, 0.15) is 0 Å². The van der Waals surface area contributed by atoms with Crippen LogP contribution in [0.5, 0.6) is 0 Å². The van der Waals surface area contributed by atoms with Crippen molar-refractivity contribution in [2.24, 2.45) is 0 Å². The molecule has 2 heterocycles. The van der Waals surface area contributed by atoms with E-state index in [-0.39, 0.29) is 5.54 Å². The van der Waals surface area contributed by atoms with E-state index in [2.05, 4.69) is 41.6 Å².